The Morgan fingerprint density at radius 1 is 1.32 bits per heavy atom. The fourth-order valence-electron chi connectivity index (χ4n) is 4.27. The van der Waals surface area contributed by atoms with Gasteiger partial charge in [0.25, 0.3) is 0 Å². The summed E-state index contributed by atoms with van der Waals surface area (Å²) in [5.74, 6) is 0.520. The van der Waals surface area contributed by atoms with Gasteiger partial charge in [-0.2, -0.15) is 13.2 Å². The molecule has 1 amide bonds. The molecule has 2 atom stereocenters. The van der Waals surface area contributed by atoms with Crippen LogP contribution in [0.2, 0.25) is 0 Å². The zero-order valence-electron chi connectivity index (χ0n) is 14.4. The maximum absolute atomic E-state index is 12.7. The number of hydrogen-bond acceptors (Lipinski definition) is 3. The van der Waals surface area contributed by atoms with Gasteiger partial charge in [-0.3, -0.25) is 10.2 Å². The monoisotopic (exact) mass is 354 g/mol. The minimum atomic E-state index is -4.47. The van der Waals surface area contributed by atoms with Crippen molar-refractivity contribution in [2.45, 2.75) is 46.2 Å². The highest BCUT2D eigenvalue weighted by molar-refractivity contribution is 5.98. The maximum Gasteiger partial charge on any atom is 0.437 e. The van der Waals surface area contributed by atoms with Crippen LogP contribution >= 0.6 is 0 Å². The molecule has 1 aromatic rings. The van der Waals surface area contributed by atoms with E-state index in [-0.39, 0.29) is 16.5 Å². The molecule has 2 bridgehead atoms. The predicted molar refractivity (Wildman–Crippen MR) is 88.2 cm³/mol. The molecule has 25 heavy (non-hydrogen) atoms. The number of rotatable bonds is 2. The Hall–Kier alpha value is -2.05. The Morgan fingerprint density at radius 2 is 2.04 bits per heavy atom. The Bertz CT molecular complexity index is 721. The van der Waals surface area contributed by atoms with Gasteiger partial charge >= 0.3 is 12.3 Å². The van der Waals surface area contributed by atoms with Crippen LogP contribution in [-0.2, 0) is 11.0 Å². The first-order chi connectivity index (χ1) is 11.5. The first kappa shape index (κ1) is 17.8. The number of hydrogen-bond donors (Lipinski definition) is 1. The Morgan fingerprint density at radius 3 is 2.64 bits per heavy atom. The summed E-state index contributed by atoms with van der Waals surface area (Å²) in [6.07, 6.45) is -2.19. The quantitative estimate of drug-likeness (QED) is 0.567. The molecular weight excluding hydrogens is 333 g/mol. The molecular formula is C18H21F3N2O2. The number of nitrogens with one attached hydrogen (secondary N) is 1. The van der Waals surface area contributed by atoms with Crippen molar-refractivity contribution < 1.29 is 22.8 Å². The molecule has 7 heteroatoms. The summed E-state index contributed by atoms with van der Waals surface area (Å²) in [5, 5.41) is 6.37. The first-order valence-corrected chi connectivity index (χ1v) is 8.27. The number of oxime groups is 1. The van der Waals surface area contributed by atoms with Crippen LogP contribution in [0.3, 0.4) is 0 Å². The fraction of sp³-hybridized carbons (Fsp3) is 0.556. The van der Waals surface area contributed by atoms with Gasteiger partial charge in [-0.1, -0.05) is 32.0 Å². The number of benzene rings is 1. The van der Waals surface area contributed by atoms with E-state index < -0.39 is 17.8 Å². The molecule has 2 aliphatic rings. The smallest absolute Gasteiger partial charge is 0.298 e. The van der Waals surface area contributed by atoms with Crippen LogP contribution in [-0.4, -0.2) is 11.8 Å². The number of carbonyl (C=O) groups excluding carboxylic acids is 1. The van der Waals surface area contributed by atoms with Gasteiger partial charge in [-0.15, -0.1) is 0 Å². The summed E-state index contributed by atoms with van der Waals surface area (Å²) < 4.78 is 38.1. The third kappa shape index (κ3) is 3.24. The second-order valence-electron chi connectivity index (χ2n) is 7.74. The van der Waals surface area contributed by atoms with Gasteiger partial charge < -0.3 is 0 Å². The van der Waals surface area contributed by atoms with Crippen molar-refractivity contribution >= 4 is 17.5 Å². The fourth-order valence-corrected chi connectivity index (χ4v) is 4.27. The average molecular weight is 354 g/mol. The molecule has 4 nitrogen and oxygen atoms in total. The maximum atomic E-state index is 12.7. The van der Waals surface area contributed by atoms with E-state index in [1.807, 2.05) is 0 Å². The van der Waals surface area contributed by atoms with Crippen molar-refractivity contribution in [2.24, 2.45) is 21.9 Å². The van der Waals surface area contributed by atoms with Crippen LogP contribution in [0.25, 0.3) is 0 Å². The molecule has 0 spiro atoms. The highest BCUT2D eigenvalue weighted by atomic mass is 19.4. The van der Waals surface area contributed by atoms with Crippen molar-refractivity contribution in [1.29, 1.82) is 0 Å². The molecule has 0 saturated heterocycles. The molecule has 2 saturated carbocycles. The first-order valence-electron chi connectivity index (χ1n) is 8.27. The van der Waals surface area contributed by atoms with E-state index in [2.05, 4.69) is 31.2 Å². The topological polar surface area (TPSA) is 50.7 Å². The van der Waals surface area contributed by atoms with Crippen molar-refractivity contribution in [3.05, 3.63) is 29.8 Å². The van der Waals surface area contributed by atoms with Crippen LogP contribution < -0.4 is 5.32 Å². The van der Waals surface area contributed by atoms with Crippen LogP contribution in [0.15, 0.2) is 29.4 Å². The SMILES string of the molecule is CC12CCC(C1)C(C)(C)C2=NOC(=O)Nc1cccc(C(F)(F)F)c1. The van der Waals surface area contributed by atoms with Crippen molar-refractivity contribution in [3.63, 3.8) is 0 Å². The summed E-state index contributed by atoms with van der Waals surface area (Å²) in [5.41, 5.74) is -0.166. The highest BCUT2D eigenvalue weighted by Crippen LogP contribution is 2.60. The summed E-state index contributed by atoms with van der Waals surface area (Å²) in [6.45, 7) is 6.30. The molecule has 1 N–H and O–H groups in total. The molecule has 136 valence electrons. The lowest BCUT2D eigenvalue weighted by molar-refractivity contribution is -0.137. The van der Waals surface area contributed by atoms with Crippen LogP contribution in [0.4, 0.5) is 23.7 Å². The number of carbonyl (C=O) groups is 1. The molecule has 0 aromatic heterocycles. The normalized spacial score (nSPS) is 29.0. The van der Waals surface area contributed by atoms with Crippen LogP contribution in [0.5, 0.6) is 0 Å². The lowest BCUT2D eigenvalue weighted by Gasteiger charge is -2.34. The molecule has 2 fully saturated rings. The van der Waals surface area contributed by atoms with Gasteiger partial charge in [0.15, 0.2) is 0 Å². The predicted octanol–water partition coefficient (Wildman–Crippen LogP) is 5.46. The van der Waals surface area contributed by atoms with E-state index in [0.29, 0.717) is 5.92 Å². The van der Waals surface area contributed by atoms with E-state index in [4.69, 9.17) is 4.84 Å². The van der Waals surface area contributed by atoms with Crippen molar-refractivity contribution in [2.75, 3.05) is 5.32 Å². The average Bonchev–Trinajstić information content (AvgIpc) is 2.97. The Kier molecular flexibility index (Phi) is 4.08. The van der Waals surface area contributed by atoms with Gasteiger partial charge in [-0.25, -0.2) is 4.79 Å². The third-order valence-electron chi connectivity index (χ3n) is 5.60. The highest BCUT2D eigenvalue weighted by Gasteiger charge is 2.57. The molecule has 0 heterocycles. The van der Waals surface area contributed by atoms with E-state index in [0.717, 1.165) is 37.1 Å². The van der Waals surface area contributed by atoms with Crippen LogP contribution in [0, 0.1) is 16.7 Å². The summed E-state index contributed by atoms with van der Waals surface area (Å²) >= 11 is 0. The van der Waals surface area contributed by atoms with Gasteiger partial charge in [0.05, 0.1) is 11.3 Å². The van der Waals surface area contributed by atoms with Gasteiger partial charge in [0.1, 0.15) is 0 Å². The summed E-state index contributed by atoms with van der Waals surface area (Å²) in [6, 6.07) is 4.39. The van der Waals surface area contributed by atoms with Gasteiger partial charge in [0, 0.05) is 16.5 Å². The van der Waals surface area contributed by atoms with Gasteiger partial charge in [-0.05, 0) is 43.4 Å². The van der Waals surface area contributed by atoms with Crippen molar-refractivity contribution in [3.8, 4) is 0 Å². The number of amides is 1. The number of alkyl halides is 3. The number of halogens is 3. The molecule has 2 aliphatic carbocycles. The molecule has 3 rings (SSSR count). The zero-order chi connectivity index (χ0) is 18.5. The molecule has 0 aliphatic heterocycles. The number of nitrogens with zero attached hydrogens (tertiary/aromatic N) is 1. The second-order valence-corrected chi connectivity index (χ2v) is 7.74. The number of fused-ring (bicyclic) bond motifs is 2. The summed E-state index contributed by atoms with van der Waals surface area (Å²) in [7, 11) is 0. The minimum absolute atomic E-state index is 0.0124. The van der Waals surface area contributed by atoms with E-state index in [1.165, 1.54) is 12.1 Å². The Labute approximate surface area is 144 Å². The lowest BCUT2D eigenvalue weighted by atomic mass is 9.71. The zero-order valence-corrected chi connectivity index (χ0v) is 14.4. The van der Waals surface area contributed by atoms with E-state index in [9.17, 15) is 18.0 Å². The minimum Gasteiger partial charge on any atom is -0.298 e. The second kappa shape index (κ2) is 5.75. The summed E-state index contributed by atoms with van der Waals surface area (Å²) in [4.78, 5) is 16.9. The third-order valence-corrected chi connectivity index (χ3v) is 5.60. The largest absolute Gasteiger partial charge is 0.437 e. The standard InChI is InChI=1S/C18H21F3N2O2/c1-16(2)12-7-8-17(3,10-12)14(16)23-25-15(24)22-13-6-4-5-11(9-13)18(19,20)21/h4-6,9,12H,7-8,10H2,1-3H3,(H,22,24). The molecule has 1 aromatic carbocycles. The van der Waals surface area contributed by atoms with Crippen LogP contribution in [0.1, 0.15) is 45.6 Å². The van der Waals surface area contributed by atoms with E-state index in [1.54, 1.807) is 0 Å². The Balaban J connectivity index is 1.70. The molecule has 0 radical (unpaired) electrons. The lowest BCUT2D eigenvalue weighted by Crippen LogP contribution is -2.36. The van der Waals surface area contributed by atoms with Gasteiger partial charge in [0.2, 0.25) is 0 Å². The van der Waals surface area contributed by atoms with E-state index >= 15 is 0 Å². The molecule has 2 unspecified atom stereocenters. The number of anilines is 1. The van der Waals surface area contributed by atoms with Crippen molar-refractivity contribution in [1.82, 2.24) is 0 Å².